The summed E-state index contributed by atoms with van der Waals surface area (Å²) in [7, 11) is 2.02. The topological polar surface area (TPSA) is 36.0 Å². The van der Waals surface area contributed by atoms with Gasteiger partial charge in [-0.25, -0.2) is 0 Å². The largest absolute Gasteiger partial charge is 0.381 e. The lowest BCUT2D eigenvalue weighted by atomic mass is 9.89. The lowest BCUT2D eigenvalue weighted by Crippen LogP contribution is -2.65. The fraction of sp³-hybridized carbons (Fsp3) is 0.682. The molecule has 1 aliphatic carbocycles. The molecule has 27 heavy (non-hydrogen) atoms. The fourth-order valence-corrected chi connectivity index (χ4v) is 5.16. The molecule has 4 rings (SSSR count). The second kappa shape index (κ2) is 7.90. The number of rotatable bonds is 4. The van der Waals surface area contributed by atoms with Gasteiger partial charge >= 0.3 is 0 Å². The standard InChI is InChI=1S/C22H33N3O2/c1-3-24-10-12-25(13-11-24)22(16-18-6-4-5-7-19(18)17-22)21(26)23(2)20-8-14-27-15-9-20/h4-7,20H,3,8-17H2,1-2H3. The zero-order chi connectivity index (χ0) is 18.9. The molecule has 0 unspecified atom stereocenters. The van der Waals surface area contributed by atoms with Crippen LogP contribution in [0.3, 0.4) is 0 Å². The number of amides is 1. The minimum Gasteiger partial charge on any atom is -0.381 e. The third-order valence-corrected chi connectivity index (χ3v) is 6.97. The Labute approximate surface area is 163 Å². The highest BCUT2D eigenvalue weighted by Crippen LogP contribution is 2.37. The van der Waals surface area contributed by atoms with Gasteiger partial charge in [-0.15, -0.1) is 0 Å². The molecule has 2 heterocycles. The van der Waals surface area contributed by atoms with E-state index in [9.17, 15) is 4.79 Å². The summed E-state index contributed by atoms with van der Waals surface area (Å²) in [6.45, 7) is 8.93. The summed E-state index contributed by atoms with van der Waals surface area (Å²) >= 11 is 0. The second-order valence-electron chi connectivity index (χ2n) is 8.33. The molecule has 0 radical (unpaired) electrons. The van der Waals surface area contributed by atoms with Gasteiger partial charge in [0, 0.05) is 65.3 Å². The van der Waals surface area contributed by atoms with Crippen LogP contribution in [0, 0.1) is 0 Å². The average molecular weight is 372 g/mol. The minimum atomic E-state index is -0.406. The van der Waals surface area contributed by atoms with Crippen molar-refractivity contribution in [1.82, 2.24) is 14.7 Å². The van der Waals surface area contributed by atoms with E-state index in [1.54, 1.807) is 0 Å². The number of fused-ring (bicyclic) bond motifs is 1. The maximum atomic E-state index is 13.9. The molecule has 1 amide bonds. The number of piperazine rings is 1. The van der Waals surface area contributed by atoms with E-state index in [0.29, 0.717) is 11.9 Å². The van der Waals surface area contributed by atoms with Gasteiger partial charge in [0.15, 0.2) is 0 Å². The molecule has 0 spiro atoms. The Kier molecular flexibility index (Phi) is 5.53. The zero-order valence-corrected chi connectivity index (χ0v) is 16.8. The van der Waals surface area contributed by atoms with E-state index in [4.69, 9.17) is 4.74 Å². The molecular weight excluding hydrogens is 338 g/mol. The van der Waals surface area contributed by atoms with Gasteiger partial charge in [0.2, 0.25) is 5.91 Å². The summed E-state index contributed by atoms with van der Waals surface area (Å²) in [5, 5.41) is 0. The van der Waals surface area contributed by atoms with Crippen molar-refractivity contribution in [3.05, 3.63) is 35.4 Å². The Morgan fingerprint density at radius 1 is 1.11 bits per heavy atom. The number of hydrogen-bond donors (Lipinski definition) is 0. The van der Waals surface area contributed by atoms with Crippen LogP contribution in [0.4, 0.5) is 0 Å². The third-order valence-electron chi connectivity index (χ3n) is 6.97. The van der Waals surface area contributed by atoms with Crippen LogP contribution in [0.25, 0.3) is 0 Å². The number of carbonyl (C=O) groups excluding carboxylic acids is 1. The zero-order valence-electron chi connectivity index (χ0n) is 16.8. The maximum absolute atomic E-state index is 13.9. The van der Waals surface area contributed by atoms with Crippen LogP contribution in [-0.2, 0) is 22.4 Å². The van der Waals surface area contributed by atoms with E-state index in [1.165, 1.54) is 11.1 Å². The normalized spacial score (nSPS) is 23.9. The molecule has 5 nitrogen and oxygen atoms in total. The molecule has 148 valence electrons. The Balaban J connectivity index is 1.60. The lowest BCUT2D eigenvalue weighted by molar-refractivity contribution is -0.148. The first-order valence-corrected chi connectivity index (χ1v) is 10.5. The van der Waals surface area contributed by atoms with E-state index in [2.05, 4.69) is 45.9 Å². The fourth-order valence-electron chi connectivity index (χ4n) is 5.16. The summed E-state index contributed by atoms with van der Waals surface area (Å²) < 4.78 is 5.52. The maximum Gasteiger partial charge on any atom is 0.243 e. The number of hydrogen-bond acceptors (Lipinski definition) is 4. The van der Waals surface area contributed by atoms with Crippen molar-refractivity contribution in [2.45, 2.75) is 44.2 Å². The first kappa shape index (κ1) is 18.9. The highest BCUT2D eigenvalue weighted by molar-refractivity contribution is 5.88. The van der Waals surface area contributed by atoms with Crippen LogP contribution < -0.4 is 0 Å². The highest BCUT2D eigenvalue weighted by Gasteiger charge is 2.50. The Hall–Kier alpha value is -1.43. The van der Waals surface area contributed by atoms with Gasteiger partial charge in [-0.3, -0.25) is 9.69 Å². The number of carbonyl (C=O) groups is 1. The van der Waals surface area contributed by atoms with Crippen molar-refractivity contribution >= 4 is 5.91 Å². The Morgan fingerprint density at radius 3 is 2.26 bits per heavy atom. The first-order valence-electron chi connectivity index (χ1n) is 10.5. The van der Waals surface area contributed by atoms with Crippen LogP contribution in [0.5, 0.6) is 0 Å². The summed E-state index contributed by atoms with van der Waals surface area (Å²) in [5.74, 6) is 0.315. The number of likely N-dealkylation sites (N-methyl/N-ethyl adjacent to an activating group) is 2. The molecule has 0 atom stereocenters. The monoisotopic (exact) mass is 371 g/mol. The molecular formula is C22H33N3O2. The van der Waals surface area contributed by atoms with Crippen molar-refractivity contribution in [3.63, 3.8) is 0 Å². The van der Waals surface area contributed by atoms with Gasteiger partial charge in [0.25, 0.3) is 0 Å². The van der Waals surface area contributed by atoms with E-state index in [-0.39, 0.29) is 0 Å². The van der Waals surface area contributed by atoms with Crippen LogP contribution in [0.1, 0.15) is 30.9 Å². The van der Waals surface area contributed by atoms with Crippen molar-refractivity contribution in [3.8, 4) is 0 Å². The van der Waals surface area contributed by atoms with Crippen LogP contribution in [-0.4, -0.2) is 85.2 Å². The lowest BCUT2D eigenvalue weighted by Gasteiger charge is -2.47. The minimum absolute atomic E-state index is 0.309. The highest BCUT2D eigenvalue weighted by atomic mass is 16.5. The average Bonchev–Trinajstić information content (AvgIpc) is 3.14. The predicted molar refractivity (Wildman–Crippen MR) is 107 cm³/mol. The molecule has 1 aromatic rings. The smallest absolute Gasteiger partial charge is 0.243 e. The molecule has 0 saturated carbocycles. The quantitative estimate of drug-likeness (QED) is 0.809. The number of nitrogens with zero attached hydrogens (tertiary/aromatic N) is 3. The molecule has 2 aliphatic heterocycles. The van der Waals surface area contributed by atoms with E-state index < -0.39 is 5.54 Å². The van der Waals surface area contributed by atoms with E-state index >= 15 is 0 Å². The van der Waals surface area contributed by atoms with Gasteiger partial charge in [0.05, 0.1) is 0 Å². The van der Waals surface area contributed by atoms with Crippen molar-refractivity contribution in [2.75, 3.05) is 53.0 Å². The summed E-state index contributed by atoms with van der Waals surface area (Å²) in [6, 6.07) is 8.94. The van der Waals surface area contributed by atoms with Crippen molar-refractivity contribution in [1.29, 1.82) is 0 Å². The number of benzene rings is 1. The molecule has 0 aromatic heterocycles. The van der Waals surface area contributed by atoms with Crippen molar-refractivity contribution < 1.29 is 9.53 Å². The molecule has 0 N–H and O–H groups in total. The molecule has 0 bridgehead atoms. The van der Waals surface area contributed by atoms with Crippen molar-refractivity contribution in [2.24, 2.45) is 0 Å². The van der Waals surface area contributed by atoms with Gasteiger partial charge < -0.3 is 14.5 Å². The molecule has 5 heteroatoms. The van der Waals surface area contributed by atoms with Crippen LogP contribution >= 0.6 is 0 Å². The second-order valence-corrected chi connectivity index (χ2v) is 8.33. The van der Waals surface area contributed by atoms with Crippen LogP contribution in [0.15, 0.2) is 24.3 Å². The van der Waals surface area contributed by atoms with Gasteiger partial charge in [-0.1, -0.05) is 31.2 Å². The predicted octanol–water partition coefficient (Wildman–Crippen LogP) is 1.80. The Morgan fingerprint density at radius 2 is 1.70 bits per heavy atom. The molecule has 2 fully saturated rings. The van der Waals surface area contributed by atoms with E-state index in [0.717, 1.165) is 71.6 Å². The SMILES string of the molecule is CCN1CCN(C2(C(=O)N(C)C3CCOCC3)Cc3ccccc3C2)CC1. The molecule has 3 aliphatic rings. The van der Waals surface area contributed by atoms with Gasteiger partial charge in [0.1, 0.15) is 5.54 Å². The summed E-state index contributed by atoms with van der Waals surface area (Å²) in [5.41, 5.74) is 2.30. The summed E-state index contributed by atoms with van der Waals surface area (Å²) in [4.78, 5) is 21.0. The molecule has 1 aromatic carbocycles. The molecule has 2 saturated heterocycles. The summed E-state index contributed by atoms with van der Waals surface area (Å²) in [6.07, 6.45) is 3.60. The Bertz CT molecular complexity index is 638. The first-order chi connectivity index (χ1) is 13.1. The third kappa shape index (κ3) is 3.53. The van der Waals surface area contributed by atoms with E-state index in [1.807, 2.05) is 7.05 Å². The van der Waals surface area contributed by atoms with Crippen LogP contribution in [0.2, 0.25) is 0 Å². The van der Waals surface area contributed by atoms with Gasteiger partial charge in [-0.2, -0.15) is 0 Å². The number of ether oxygens (including phenoxy) is 1. The van der Waals surface area contributed by atoms with Gasteiger partial charge in [-0.05, 0) is 30.5 Å².